The van der Waals surface area contributed by atoms with E-state index in [4.69, 9.17) is 9.47 Å². The number of hydrogen-bond donors (Lipinski definition) is 1. The van der Waals surface area contributed by atoms with Gasteiger partial charge < -0.3 is 19.4 Å². The fraction of sp³-hybridized carbons (Fsp3) is 0.409. The van der Waals surface area contributed by atoms with E-state index >= 15 is 0 Å². The molecule has 1 atom stereocenters. The van der Waals surface area contributed by atoms with E-state index in [1.165, 1.54) is 23.1 Å². The van der Waals surface area contributed by atoms with Crippen LogP contribution >= 0.6 is 23.1 Å². The number of anilines is 1. The van der Waals surface area contributed by atoms with Gasteiger partial charge >= 0.3 is 5.97 Å². The number of amides is 1. The number of carbonyl (C=O) groups is 2. The molecule has 0 aliphatic carbocycles. The normalized spacial score (nSPS) is 11.8. The second-order valence-electron chi connectivity index (χ2n) is 7.12. The third-order valence-electron chi connectivity index (χ3n) is 4.49. The SMILES string of the molecule is CCOC(=O)Cc1csc(NC(=O)CSc2nnc(C(C)Oc3cccc(C)c3)n2CC)n1. The Hall–Kier alpha value is -2.92. The number of thiazole rings is 1. The molecule has 2 heterocycles. The largest absolute Gasteiger partial charge is 0.483 e. The molecule has 0 aliphatic rings. The second kappa shape index (κ2) is 11.8. The van der Waals surface area contributed by atoms with Crippen LogP contribution < -0.4 is 10.1 Å². The summed E-state index contributed by atoms with van der Waals surface area (Å²) < 4.78 is 12.9. The maximum atomic E-state index is 12.4. The molecule has 0 spiro atoms. The summed E-state index contributed by atoms with van der Waals surface area (Å²) in [6, 6.07) is 7.84. The third kappa shape index (κ3) is 7.03. The first-order valence-corrected chi connectivity index (χ1v) is 12.4. The Morgan fingerprint density at radius 3 is 2.82 bits per heavy atom. The van der Waals surface area contributed by atoms with Gasteiger partial charge in [0.15, 0.2) is 22.2 Å². The van der Waals surface area contributed by atoms with Crippen molar-refractivity contribution in [2.45, 2.75) is 51.9 Å². The molecule has 0 bridgehead atoms. The van der Waals surface area contributed by atoms with Gasteiger partial charge in [-0.05, 0) is 45.4 Å². The molecule has 0 radical (unpaired) electrons. The zero-order valence-corrected chi connectivity index (χ0v) is 20.7. The van der Waals surface area contributed by atoms with Gasteiger partial charge in [-0.3, -0.25) is 9.59 Å². The van der Waals surface area contributed by atoms with Gasteiger partial charge in [0.25, 0.3) is 0 Å². The van der Waals surface area contributed by atoms with Gasteiger partial charge in [0.05, 0.1) is 24.5 Å². The van der Waals surface area contributed by atoms with E-state index in [-0.39, 0.29) is 30.2 Å². The van der Waals surface area contributed by atoms with E-state index in [0.717, 1.165) is 11.3 Å². The van der Waals surface area contributed by atoms with Gasteiger partial charge in [0.1, 0.15) is 5.75 Å². The Kier molecular flexibility index (Phi) is 8.84. The van der Waals surface area contributed by atoms with Gasteiger partial charge in [-0.25, -0.2) is 4.98 Å². The first-order chi connectivity index (χ1) is 15.9. The van der Waals surface area contributed by atoms with Crippen LogP contribution in [-0.2, 0) is 27.3 Å². The predicted octanol–water partition coefficient (Wildman–Crippen LogP) is 4.04. The second-order valence-corrected chi connectivity index (χ2v) is 8.92. The molecule has 1 amide bonds. The van der Waals surface area contributed by atoms with Crippen molar-refractivity contribution in [1.29, 1.82) is 0 Å². The molecule has 0 aliphatic heterocycles. The Balaban J connectivity index is 1.56. The van der Waals surface area contributed by atoms with Crippen LogP contribution in [0.15, 0.2) is 34.8 Å². The number of carbonyl (C=O) groups excluding carboxylic acids is 2. The predicted molar refractivity (Wildman–Crippen MR) is 128 cm³/mol. The van der Waals surface area contributed by atoms with Crippen LogP contribution in [-0.4, -0.2) is 44.0 Å². The highest BCUT2D eigenvalue weighted by atomic mass is 32.2. The first kappa shape index (κ1) is 24.7. The molecular weight excluding hydrogens is 462 g/mol. The lowest BCUT2D eigenvalue weighted by molar-refractivity contribution is -0.142. The minimum atomic E-state index is -0.341. The number of hydrogen-bond acceptors (Lipinski definition) is 9. The molecule has 1 unspecified atom stereocenters. The van der Waals surface area contributed by atoms with Crippen LogP contribution in [0.4, 0.5) is 5.13 Å². The highest BCUT2D eigenvalue weighted by Crippen LogP contribution is 2.25. The van der Waals surface area contributed by atoms with Gasteiger partial charge in [-0.2, -0.15) is 0 Å². The van der Waals surface area contributed by atoms with E-state index in [9.17, 15) is 9.59 Å². The van der Waals surface area contributed by atoms with Gasteiger partial charge in [-0.15, -0.1) is 21.5 Å². The number of aryl methyl sites for hydroxylation is 1. The lowest BCUT2D eigenvalue weighted by Gasteiger charge is -2.15. The van der Waals surface area contributed by atoms with E-state index in [0.29, 0.717) is 35.0 Å². The fourth-order valence-corrected chi connectivity index (χ4v) is 4.58. The summed E-state index contributed by atoms with van der Waals surface area (Å²) in [5, 5.41) is 14.1. The third-order valence-corrected chi connectivity index (χ3v) is 6.26. The summed E-state index contributed by atoms with van der Waals surface area (Å²) in [6.45, 7) is 8.66. The maximum absolute atomic E-state index is 12.4. The minimum absolute atomic E-state index is 0.0835. The summed E-state index contributed by atoms with van der Waals surface area (Å²) >= 11 is 2.56. The van der Waals surface area contributed by atoms with Crippen molar-refractivity contribution < 1.29 is 19.1 Å². The van der Waals surface area contributed by atoms with Gasteiger partial charge in [0.2, 0.25) is 5.91 Å². The van der Waals surface area contributed by atoms with Crippen molar-refractivity contribution in [2.24, 2.45) is 0 Å². The number of benzene rings is 1. The average molecular weight is 490 g/mol. The molecule has 3 rings (SSSR count). The molecule has 1 N–H and O–H groups in total. The number of thioether (sulfide) groups is 1. The van der Waals surface area contributed by atoms with Crippen LogP contribution in [0.25, 0.3) is 0 Å². The number of rotatable bonds is 11. The number of nitrogens with one attached hydrogen (secondary N) is 1. The lowest BCUT2D eigenvalue weighted by Crippen LogP contribution is -2.15. The standard InChI is InChI=1S/C22H27N5O4S2/c1-5-27-20(15(4)31-17-9-7-8-14(3)10-17)25-26-22(27)33-13-18(28)24-21-23-16(12-32-21)11-19(29)30-6-2/h7-10,12,15H,5-6,11,13H2,1-4H3,(H,23,24,28). The summed E-state index contributed by atoms with van der Waals surface area (Å²) in [6.07, 6.45) is -0.212. The number of esters is 1. The van der Waals surface area contributed by atoms with Crippen LogP contribution in [0.2, 0.25) is 0 Å². The molecule has 3 aromatic rings. The molecule has 0 fully saturated rings. The molecule has 0 saturated carbocycles. The molecule has 176 valence electrons. The van der Waals surface area contributed by atoms with Crippen molar-refractivity contribution in [3.05, 3.63) is 46.7 Å². The minimum Gasteiger partial charge on any atom is -0.483 e. The smallest absolute Gasteiger partial charge is 0.311 e. The summed E-state index contributed by atoms with van der Waals surface area (Å²) in [5.41, 5.74) is 1.69. The molecule has 1 aromatic carbocycles. The van der Waals surface area contributed by atoms with Crippen molar-refractivity contribution in [1.82, 2.24) is 19.7 Å². The van der Waals surface area contributed by atoms with Crippen molar-refractivity contribution in [3.8, 4) is 5.75 Å². The van der Waals surface area contributed by atoms with Crippen molar-refractivity contribution in [2.75, 3.05) is 17.7 Å². The fourth-order valence-electron chi connectivity index (χ4n) is 3.04. The van der Waals surface area contributed by atoms with E-state index in [1.807, 2.05) is 49.6 Å². The number of nitrogens with zero attached hydrogens (tertiary/aromatic N) is 4. The van der Waals surface area contributed by atoms with Crippen LogP contribution in [0.1, 0.15) is 44.0 Å². The van der Waals surface area contributed by atoms with E-state index in [1.54, 1.807) is 12.3 Å². The Morgan fingerprint density at radius 1 is 1.27 bits per heavy atom. The van der Waals surface area contributed by atoms with Crippen LogP contribution in [0.3, 0.4) is 0 Å². The van der Waals surface area contributed by atoms with Gasteiger partial charge in [-0.1, -0.05) is 23.9 Å². The van der Waals surface area contributed by atoms with E-state index in [2.05, 4.69) is 20.5 Å². The first-order valence-electron chi connectivity index (χ1n) is 10.6. The highest BCUT2D eigenvalue weighted by molar-refractivity contribution is 7.99. The van der Waals surface area contributed by atoms with Crippen LogP contribution in [0, 0.1) is 6.92 Å². The van der Waals surface area contributed by atoms with Crippen molar-refractivity contribution in [3.63, 3.8) is 0 Å². The zero-order valence-electron chi connectivity index (χ0n) is 19.0. The quantitative estimate of drug-likeness (QED) is 0.318. The molecular formula is C22H27N5O4S2. The van der Waals surface area contributed by atoms with E-state index < -0.39 is 0 Å². The monoisotopic (exact) mass is 489 g/mol. The number of aromatic nitrogens is 4. The molecule has 0 saturated heterocycles. The summed E-state index contributed by atoms with van der Waals surface area (Å²) in [4.78, 5) is 28.2. The summed E-state index contributed by atoms with van der Waals surface area (Å²) in [5.74, 6) is 1.07. The topological polar surface area (TPSA) is 108 Å². The Morgan fingerprint density at radius 2 is 2.09 bits per heavy atom. The molecule has 9 nitrogen and oxygen atoms in total. The maximum Gasteiger partial charge on any atom is 0.311 e. The summed E-state index contributed by atoms with van der Waals surface area (Å²) in [7, 11) is 0. The lowest BCUT2D eigenvalue weighted by atomic mass is 10.2. The zero-order chi connectivity index (χ0) is 23.8. The Labute approximate surface area is 200 Å². The van der Waals surface area contributed by atoms with Crippen LogP contribution in [0.5, 0.6) is 5.75 Å². The highest BCUT2D eigenvalue weighted by Gasteiger charge is 2.20. The molecule has 11 heteroatoms. The molecule has 33 heavy (non-hydrogen) atoms. The molecule has 2 aromatic heterocycles. The van der Waals surface area contributed by atoms with Gasteiger partial charge in [0, 0.05) is 11.9 Å². The number of ether oxygens (including phenoxy) is 2. The average Bonchev–Trinajstić information content (AvgIpc) is 3.38. The van der Waals surface area contributed by atoms with Crippen molar-refractivity contribution >= 4 is 40.1 Å². The Bertz CT molecular complexity index is 1100.